The molecule has 1 saturated heterocycles. The number of hydrogen-bond acceptors (Lipinski definition) is 4. The van der Waals surface area contributed by atoms with Gasteiger partial charge in [-0.05, 0) is 31.8 Å². The van der Waals surface area contributed by atoms with Gasteiger partial charge in [-0.25, -0.2) is 0 Å². The summed E-state index contributed by atoms with van der Waals surface area (Å²) in [6.07, 6.45) is 2.67. The minimum atomic E-state index is -0.221. The second-order valence-corrected chi connectivity index (χ2v) is 4.30. The lowest BCUT2D eigenvalue weighted by Crippen LogP contribution is -2.44. The van der Waals surface area contributed by atoms with Gasteiger partial charge in [0.2, 0.25) is 0 Å². The normalized spacial score (nSPS) is 23.1. The van der Waals surface area contributed by atoms with Crippen molar-refractivity contribution >= 4 is 0 Å². The molecule has 1 fully saturated rings. The van der Waals surface area contributed by atoms with E-state index in [1.807, 2.05) is 6.07 Å². The van der Waals surface area contributed by atoms with Gasteiger partial charge in [0, 0.05) is 18.5 Å². The van der Waals surface area contributed by atoms with Crippen LogP contribution < -0.4 is 5.73 Å². The van der Waals surface area contributed by atoms with E-state index >= 15 is 0 Å². The molecule has 4 heteroatoms. The molecular formula is C12H18N4. The molecule has 2 atom stereocenters. The number of piperidine rings is 1. The quantitative estimate of drug-likeness (QED) is 0.715. The second kappa shape index (κ2) is 6.27. The fourth-order valence-electron chi connectivity index (χ4n) is 2.11. The molecule has 1 aliphatic rings. The molecule has 0 radical (unpaired) electrons. The highest BCUT2D eigenvalue weighted by Crippen LogP contribution is 2.20. The fraction of sp³-hybridized carbons (Fsp3) is 0.667. The number of nitrogens with two attached hydrogens (primary N) is 1. The summed E-state index contributed by atoms with van der Waals surface area (Å²) in [5.74, 6) is 0.486. The lowest BCUT2D eigenvalue weighted by atomic mass is 9.96. The summed E-state index contributed by atoms with van der Waals surface area (Å²) in [5.41, 5.74) is 6.13. The van der Waals surface area contributed by atoms with Crippen LogP contribution >= 0.6 is 0 Å². The standard InChI is InChI=1S/C12H18N4/c1-10(6-13)5-12(8-15)16-4-2-3-11(7-14)9-16/h11-12H,1-5,7,9,14H2. The predicted octanol–water partition coefficient (Wildman–Crippen LogP) is 1.02. The zero-order valence-electron chi connectivity index (χ0n) is 9.52. The van der Waals surface area contributed by atoms with Crippen molar-refractivity contribution in [3.63, 3.8) is 0 Å². The summed E-state index contributed by atoms with van der Waals surface area (Å²) < 4.78 is 0. The van der Waals surface area contributed by atoms with Crippen LogP contribution in [0.15, 0.2) is 12.2 Å². The molecule has 1 rings (SSSR count). The van der Waals surface area contributed by atoms with Gasteiger partial charge in [0.15, 0.2) is 0 Å². The molecule has 0 aliphatic carbocycles. The highest BCUT2D eigenvalue weighted by Gasteiger charge is 2.25. The van der Waals surface area contributed by atoms with Crippen LogP contribution in [0.1, 0.15) is 19.3 Å². The molecule has 0 bridgehead atoms. The van der Waals surface area contributed by atoms with E-state index in [0.29, 0.717) is 24.5 Å². The first kappa shape index (κ1) is 12.7. The molecule has 0 aromatic rings. The van der Waals surface area contributed by atoms with E-state index in [2.05, 4.69) is 17.5 Å². The molecule has 2 N–H and O–H groups in total. The average Bonchev–Trinajstić information content (AvgIpc) is 2.35. The van der Waals surface area contributed by atoms with E-state index in [-0.39, 0.29) is 6.04 Å². The topological polar surface area (TPSA) is 76.8 Å². The van der Waals surface area contributed by atoms with E-state index in [9.17, 15) is 0 Å². The Labute approximate surface area is 96.9 Å². The molecule has 0 spiro atoms. The zero-order chi connectivity index (χ0) is 12.0. The zero-order valence-corrected chi connectivity index (χ0v) is 9.52. The van der Waals surface area contributed by atoms with Gasteiger partial charge >= 0.3 is 0 Å². The Hall–Kier alpha value is -1.36. The van der Waals surface area contributed by atoms with Crippen LogP contribution in [-0.2, 0) is 0 Å². The van der Waals surface area contributed by atoms with Crippen molar-refractivity contribution in [1.29, 1.82) is 10.5 Å². The molecule has 0 saturated carbocycles. The third-order valence-corrected chi connectivity index (χ3v) is 3.07. The van der Waals surface area contributed by atoms with Gasteiger partial charge in [0.05, 0.1) is 12.1 Å². The number of nitrogens with zero attached hydrogens (tertiary/aromatic N) is 3. The highest BCUT2D eigenvalue weighted by atomic mass is 15.2. The Balaban J connectivity index is 2.56. The summed E-state index contributed by atoms with van der Waals surface area (Å²) in [7, 11) is 0. The van der Waals surface area contributed by atoms with Gasteiger partial charge in [-0.2, -0.15) is 10.5 Å². The Bertz CT molecular complexity index is 323. The van der Waals surface area contributed by atoms with Gasteiger partial charge in [-0.15, -0.1) is 0 Å². The number of nitriles is 2. The lowest BCUT2D eigenvalue weighted by molar-refractivity contribution is 0.151. The Morgan fingerprint density at radius 3 is 2.88 bits per heavy atom. The van der Waals surface area contributed by atoms with Gasteiger partial charge in [-0.1, -0.05) is 6.58 Å². The first-order valence-corrected chi connectivity index (χ1v) is 5.62. The maximum Gasteiger partial charge on any atom is 0.103 e. The van der Waals surface area contributed by atoms with Crippen molar-refractivity contribution in [2.24, 2.45) is 11.7 Å². The van der Waals surface area contributed by atoms with Crippen molar-refractivity contribution in [1.82, 2.24) is 4.90 Å². The molecule has 1 heterocycles. The van der Waals surface area contributed by atoms with Crippen molar-refractivity contribution in [2.75, 3.05) is 19.6 Å². The van der Waals surface area contributed by atoms with Gasteiger partial charge in [0.1, 0.15) is 6.04 Å². The molecule has 16 heavy (non-hydrogen) atoms. The molecule has 0 aromatic carbocycles. The molecule has 86 valence electrons. The third-order valence-electron chi connectivity index (χ3n) is 3.07. The third kappa shape index (κ3) is 3.34. The summed E-state index contributed by atoms with van der Waals surface area (Å²) >= 11 is 0. The molecule has 0 amide bonds. The van der Waals surface area contributed by atoms with Crippen LogP contribution in [0.5, 0.6) is 0 Å². The van der Waals surface area contributed by atoms with Crippen molar-refractivity contribution in [3.05, 3.63) is 12.2 Å². The Morgan fingerprint density at radius 1 is 1.56 bits per heavy atom. The van der Waals surface area contributed by atoms with Crippen LogP contribution in [0.25, 0.3) is 0 Å². The van der Waals surface area contributed by atoms with Crippen molar-refractivity contribution < 1.29 is 0 Å². The molecule has 4 nitrogen and oxygen atoms in total. The van der Waals surface area contributed by atoms with Crippen molar-refractivity contribution in [2.45, 2.75) is 25.3 Å². The van der Waals surface area contributed by atoms with Gasteiger partial charge in [0.25, 0.3) is 0 Å². The molecule has 0 aromatic heterocycles. The largest absolute Gasteiger partial charge is 0.330 e. The fourth-order valence-corrected chi connectivity index (χ4v) is 2.11. The van der Waals surface area contributed by atoms with Crippen LogP contribution in [0.4, 0.5) is 0 Å². The van der Waals surface area contributed by atoms with Crippen LogP contribution in [0, 0.1) is 28.6 Å². The first-order valence-electron chi connectivity index (χ1n) is 5.62. The van der Waals surface area contributed by atoms with Crippen LogP contribution in [-0.4, -0.2) is 30.6 Å². The van der Waals surface area contributed by atoms with Crippen molar-refractivity contribution in [3.8, 4) is 12.1 Å². The van der Waals surface area contributed by atoms with E-state index in [1.165, 1.54) is 0 Å². The second-order valence-electron chi connectivity index (χ2n) is 4.30. The summed E-state index contributed by atoms with van der Waals surface area (Å²) in [5, 5.41) is 17.8. The Morgan fingerprint density at radius 2 is 2.31 bits per heavy atom. The monoisotopic (exact) mass is 218 g/mol. The van der Waals surface area contributed by atoms with Gasteiger partial charge in [-0.3, -0.25) is 4.90 Å². The smallest absolute Gasteiger partial charge is 0.103 e. The van der Waals surface area contributed by atoms with Crippen LogP contribution in [0.2, 0.25) is 0 Å². The van der Waals surface area contributed by atoms with E-state index in [0.717, 1.165) is 25.9 Å². The van der Waals surface area contributed by atoms with Gasteiger partial charge < -0.3 is 5.73 Å². The highest BCUT2D eigenvalue weighted by molar-refractivity contribution is 5.19. The average molecular weight is 218 g/mol. The van der Waals surface area contributed by atoms with E-state index in [1.54, 1.807) is 0 Å². The molecular weight excluding hydrogens is 200 g/mol. The number of likely N-dealkylation sites (tertiary alicyclic amines) is 1. The molecule has 2 unspecified atom stereocenters. The predicted molar refractivity (Wildman–Crippen MR) is 62.1 cm³/mol. The maximum absolute atomic E-state index is 9.11. The number of rotatable bonds is 4. The SMILES string of the molecule is C=C(C#N)CC(C#N)N1CCCC(CN)C1. The number of hydrogen-bond donors (Lipinski definition) is 1. The summed E-state index contributed by atoms with van der Waals surface area (Å²) in [6.45, 7) is 6.10. The summed E-state index contributed by atoms with van der Waals surface area (Å²) in [4.78, 5) is 2.13. The minimum absolute atomic E-state index is 0.221. The summed E-state index contributed by atoms with van der Waals surface area (Å²) in [6, 6.07) is 4.03. The van der Waals surface area contributed by atoms with E-state index in [4.69, 9.17) is 16.3 Å². The first-order chi connectivity index (χ1) is 7.71. The van der Waals surface area contributed by atoms with E-state index < -0.39 is 0 Å². The van der Waals surface area contributed by atoms with Crippen LogP contribution in [0.3, 0.4) is 0 Å². The molecule has 1 aliphatic heterocycles. The Kier molecular flexibility index (Phi) is 4.98. The lowest BCUT2D eigenvalue weighted by Gasteiger charge is -2.34. The maximum atomic E-state index is 9.11. The minimum Gasteiger partial charge on any atom is -0.330 e.